The average molecular weight is 744 g/mol. The van der Waals surface area contributed by atoms with Crippen molar-refractivity contribution in [2.24, 2.45) is 0 Å². The first-order valence-electron chi connectivity index (χ1n) is 15.9. The summed E-state index contributed by atoms with van der Waals surface area (Å²) in [5.74, 6) is -2.12. The van der Waals surface area contributed by atoms with Crippen LogP contribution in [0, 0.1) is 0 Å². The van der Waals surface area contributed by atoms with Gasteiger partial charge in [0.15, 0.2) is 16.7 Å². The lowest BCUT2D eigenvalue weighted by Crippen LogP contribution is -2.70. The summed E-state index contributed by atoms with van der Waals surface area (Å²) in [5, 5.41) is 24.5. The van der Waals surface area contributed by atoms with Gasteiger partial charge >= 0.3 is 5.97 Å². The molecule has 4 aromatic rings. The molecule has 0 saturated carbocycles. The van der Waals surface area contributed by atoms with Crippen LogP contribution in [0.5, 0.6) is 5.75 Å². The molecule has 13 nitrogen and oxygen atoms in total. The summed E-state index contributed by atoms with van der Waals surface area (Å²) in [6.07, 6.45) is 5.52. The molecule has 0 spiro atoms. The molecule has 4 amide bonds. The Morgan fingerprint density at radius 1 is 1.04 bits per heavy atom. The van der Waals surface area contributed by atoms with Crippen LogP contribution < -0.4 is 15.2 Å². The molecule has 5 heterocycles. The normalized spacial score (nSPS) is 19.3. The topological polar surface area (TPSA) is 173 Å². The van der Waals surface area contributed by atoms with E-state index in [2.05, 4.69) is 15.6 Å². The molecule has 0 radical (unpaired) electrons. The quantitative estimate of drug-likeness (QED) is 0.0588. The van der Waals surface area contributed by atoms with Gasteiger partial charge in [0.25, 0.3) is 11.8 Å². The van der Waals surface area contributed by atoms with E-state index in [1.165, 1.54) is 51.9 Å². The minimum absolute atomic E-state index is 0.0702. The van der Waals surface area contributed by atoms with Crippen molar-refractivity contribution in [3.8, 4) is 5.75 Å². The first-order chi connectivity index (χ1) is 24.6. The smallest absolute Gasteiger partial charge is 0.352 e. The van der Waals surface area contributed by atoms with Crippen LogP contribution in [-0.2, 0) is 37.1 Å². The SMILES string of the molecule is O=C(C[n+]1ccc(CN2CC/C(=C\C3=C(C(=O)O)N4C(=O)[C@@H](NC(=O)CSc5nc6ccccc6s5)[C@H]4SC3)C2=O)cc1)Nc1ccc(O)cc1. The number of carboxylic acids is 1. The Bertz CT molecular complexity index is 2080. The van der Waals surface area contributed by atoms with Gasteiger partial charge in [0.2, 0.25) is 18.4 Å². The van der Waals surface area contributed by atoms with Crippen molar-refractivity contribution >= 4 is 80.4 Å². The van der Waals surface area contributed by atoms with Gasteiger partial charge in [0.05, 0.1) is 16.0 Å². The van der Waals surface area contributed by atoms with Crippen molar-refractivity contribution < 1.29 is 38.8 Å². The number of nitrogens with zero attached hydrogens (tertiary/aromatic N) is 4. The number of amides is 4. The number of anilines is 1. The number of hydrogen-bond donors (Lipinski definition) is 4. The molecule has 0 aliphatic carbocycles. The molecular formula is C35H31N6O7S3+. The molecule has 0 bridgehead atoms. The zero-order chi connectivity index (χ0) is 35.6. The van der Waals surface area contributed by atoms with Crippen LogP contribution in [0.1, 0.15) is 12.0 Å². The number of para-hydroxylation sites is 1. The number of thiazole rings is 1. The van der Waals surface area contributed by atoms with E-state index in [0.717, 1.165) is 20.1 Å². The van der Waals surface area contributed by atoms with E-state index in [-0.39, 0.29) is 47.2 Å². The second-order valence-electron chi connectivity index (χ2n) is 12.0. The number of carbonyl (C=O) groups is 5. The molecule has 0 unspecified atom stereocenters. The van der Waals surface area contributed by atoms with Gasteiger partial charge in [-0.1, -0.05) is 23.9 Å². The predicted octanol–water partition coefficient (Wildman–Crippen LogP) is 3.12. The average Bonchev–Trinajstić information content (AvgIpc) is 3.70. The molecule has 2 saturated heterocycles. The Morgan fingerprint density at radius 3 is 2.55 bits per heavy atom. The molecule has 4 N–H and O–H groups in total. The Morgan fingerprint density at radius 2 is 1.80 bits per heavy atom. The summed E-state index contributed by atoms with van der Waals surface area (Å²) in [6.45, 7) is 0.862. The van der Waals surface area contributed by atoms with Crippen LogP contribution in [0.15, 0.2) is 100 Å². The summed E-state index contributed by atoms with van der Waals surface area (Å²) in [6, 6.07) is 16.7. The van der Waals surface area contributed by atoms with Crippen LogP contribution in [0.2, 0.25) is 0 Å². The van der Waals surface area contributed by atoms with Crippen molar-refractivity contribution in [1.29, 1.82) is 0 Å². The number of β-lactam (4-membered cyclic amide) rings is 1. The van der Waals surface area contributed by atoms with Crippen molar-refractivity contribution in [3.63, 3.8) is 0 Å². The minimum atomic E-state index is -1.27. The number of fused-ring (bicyclic) bond motifs is 2. The Hall–Kier alpha value is -5.19. The highest BCUT2D eigenvalue weighted by Crippen LogP contribution is 2.41. The van der Waals surface area contributed by atoms with Crippen LogP contribution in [0.4, 0.5) is 5.69 Å². The van der Waals surface area contributed by atoms with Gasteiger partial charge in [-0.3, -0.25) is 24.1 Å². The number of benzene rings is 2. The number of phenols is 1. The predicted molar refractivity (Wildman–Crippen MR) is 192 cm³/mol. The van der Waals surface area contributed by atoms with Gasteiger partial charge < -0.3 is 25.7 Å². The molecule has 2 aromatic heterocycles. The number of aromatic hydroxyl groups is 1. The van der Waals surface area contributed by atoms with E-state index in [9.17, 15) is 34.2 Å². The van der Waals surface area contributed by atoms with Crippen molar-refractivity contribution in [1.82, 2.24) is 20.1 Å². The van der Waals surface area contributed by atoms with Gasteiger partial charge in [-0.2, -0.15) is 4.57 Å². The number of pyridine rings is 1. The Balaban J connectivity index is 0.940. The molecule has 2 atom stereocenters. The van der Waals surface area contributed by atoms with Crippen LogP contribution in [0.25, 0.3) is 10.2 Å². The molecule has 7 rings (SSSR count). The number of aliphatic carboxylic acids is 1. The lowest BCUT2D eigenvalue weighted by molar-refractivity contribution is -0.684. The fraction of sp³-hybridized carbons (Fsp3) is 0.229. The number of hydrogen-bond acceptors (Lipinski definition) is 10. The van der Waals surface area contributed by atoms with Crippen LogP contribution in [0.3, 0.4) is 0 Å². The van der Waals surface area contributed by atoms with Crippen LogP contribution in [-0.4, -0.2) is 84.1 Å². The number of aromatic nitrogens is 2. The number of rotatable bonds is 11. The third-order valence-electron chi connectivity index (χ3n) is 8.49. The highest BCUT2D eigenvalue weighted by atomic mass is 32.2. The first kappa shape index (κ1) is 34.3. The summed E-state index contributed by atoms with van der Waals surface area (Å²) < 4.78 is 3.47. The zero-order valence-corrected chi connectivity index (χ0v) is 29.3. The Kier molecular flexibility index (Phi) is 9.79. The zero-order valence-electron chi connectivity index (χ0n) is 26.9. The van der Waals surface area contributed by atoms with E-state index < -0.39 is 23.3 Å². The Labute approximate surface area is 304 Å². The van der Waals surface area contributed by atoms with Crippen LogP contribution >= 0.6 is 34.9 Å². The largest absolute Gasteiger partial charge is 0.508 e. The van der Waals surface area contributed by atoms with Gasteiger partial charge in [0, 0.05) is 42.2 Å². The van der Waals surface area contributed by atoms with Gasteiger partial charge in [-0.05, 0) is 60.0 Å². The lowest BCUT2D eigenvalue weighted by atomic mass is 10.0. The summed E-state index contributed by atoms with van der Waals surface area (Å²) in [5.41, 5.74) is 2.96. The fourth-order valence-corrected chi connectivity index (χ4v) is 9.19. The highest BCUT2D eigenvalue weighted by Gasteiger charge is 2.54. The third kappa shape index (κ3) is 7.48. The minimum Gasteiger partial charge on any atom is -0.508 e. The molecule has 3 aliphatic heterocycles. The molecule has 3 aliphatic rings. The van der Waals surface area contributed by atoms with E-state index >= 15 is 0 Å². The van der Waals surface area contributed by atoms with E-state index in [1.807, 2.05) is 36.4 Å². The van der Waals surface area contributed by atoms with Gasteiger partial charge in [-0.25, -0.2) is 9.78 Å². The van der Waals surface area contributed by atoms with E-state index in [0.29, 0.717) is 36.3 Å². The first-order valence-corrected chi connectivity index (χ1v) is 18.7. The molecule has 2 aromatic carbocycles. The maximum absolute atomic E-state index is 13.4. The van der Waals surface area contributed by atoms with Crippen molar-refractivity contribution in [2.45, 2.75) is 35.3 Å². The fourth-order valence-electron chi connectivity index (χ4n) is 6.00. The second kappa shape index (κ2) is 14.6. The summed E-state index contributed by atoms with van der Waals surface area (Å²) in [7, 11) is 0. The summed E-state index contributed by atoms with van der Waals surface area (Å²) in [4.78, 5) is 71.5. The standard InChI is InChI=1S/C35H30N6O7S3/c42-24-7-5-23(6-8-24)36-27(43)17-39-12-9-20(10-13-39)16-40-14-11-21(31(40)45)15-22-18-49-33-29(32(46)41(33)30(22)34(47)48)38-28(44)19-50-35-37-25-3-1-2-4-26(25)51-35/h1-10,12-13,15,29,33H,11,14,16-19H2,(H3-,36,38,42,43,44,47,48)/p+1/b21-15+/t29-,33-/m1/s1. The molecular weight excluding hydrogens is 713 g/mol. The monoisotopic (exact) mass is 743 g/mol. The van der Waals surface area contributed by atoms with Crippen molar-refractivity contribution in [3.05, 3.63) is 102 Å². The second-order valence-corrected chi connectivity index (χ2v) is 15.3. The number of likely N-dealkylation sites (tertiary alicyclic amines) is 1. The van der Waals surface area contributed by atoms with E-state index in [1.54, 1.807) is 40.1 Å². The van der Waals surface area contributed by atoms with Gasteiger partial charge in [-0.15, -0.1) is 23.1 Å². The molecule has 51 heavy (non-hydrogen) atoms. The van der Waals surface area contributed by atoms with E-state index in [4.69, 9.17) is 0 Å². The molecule has 2 fully saturated rings. The molecule has 260 valence electrons. The number of nitrogens with one attached hydrogen (secondary N) is 2. The highest BCUT2D eigenvalue weighted by molar-refractivity contribution is 8.01. The lowest BCUT2D eigenvalue weighted by Gasteiger charge is -2.49. The number of carbonyl (C=O) groups excluding carboxylic acids is 4. The van der Waals surface area contributed by atoms with Gasteiger partial charge in [0.1, 0.15) is 22.9 Å². The molecule has 16 heteroatoms. The number of thioether (sulfide) groups is 2. The third-order valence-corrected chi connectivity index (χ3v) is 12.0. The summed E-state index contributed by atoms with van der Waals surface area (Å²) >= 11 is 4.12. The number of phenolic OH excluding ortho intramolecular Hbond substituents is 1. The maximum Gasteiger partial charge on any atom is 0.352 e. The number of allylic oxidation sites excluding steroid dienone is 1. The van der Waals surface area contributed by atoms with Crippen molar-refractivity contribution in [2.75, 3.05) is 23.4 Å². The number of carboxylic acid groups (broad SMARTS) is 1. The maximum atomic E-state index is 13.4.